The molecule has 152 valence electrons. The normalized spacial score (nSPS) is 20.0. The zero-order valence-corrected chi connectivity index (χ0v) is 17.1. The fourth-order valence-corrected chi connectivity index (χ4v) is 4.01. The summed E-state index contributed by atoms with van der Waals surface area (Å²) in [5.74, 6) is 0.438. The maximum Gasteiger partial charge on any atom is 0.274 e. The number of hydrogen-bond donors (Lipinski definition) is 2. The molecule has 0 unspecified atom stereocenters. The summed E-state index contributed by atoms with van der Waals surface area (Å²) in [4.78, 5) is 20.4. The van der Waals surface area contributed by atoms with Gasteiger partial charge < -0.3 is 10.4 Å². The van der Waals surface area contributed by atoms with Crippen LogP contribution in [-0.4, -0.2) is 30.8 Å². The predicted octanol–water partition coefficient (Wildman–Crippen LogP) is 4.06. The Hall–Kier alpha value is -2.80. The van der Waals surface area contributed by atoms with E-state index in [4.69, 9.17) is 5.10 Å². The van der Waals surface area contributed by atoms with Crippen LogP contribution in [0.2, 0.25) is 0 Å². The molecule has 1 saturated carbocycles. The Bertz CT molecular complexity index is 1010. The summed E-state index contributed by atoms with van der Waals surface area (Å²) in [6, 6.07) is 5.71. The first-order chi connectivity index (χ1) is 13.8. The van der Waals surface area contributed by atoms with Crippen molar-refractivity contribution in [2.75, 3.05) is 5.32 Å². The van der Waals surface area contributed by atoms with Gasteiger partial charge in [0.15, 0.2) is 0 Å². The summed E-state index contributed by atoms with van der Waals surface area (Å²) in [6.45, 7) is 5.71. The van der Waals surface area contributed by atoms with Gasteiger partial charge in [0.1, 0.15) is 12.0 Å². The van der Waals surface area contributed by atoms with Crippen molar-refractivity contribution in [3.05, 3.63) is 48.2 Å². The molecular formula is C22H27N5O2. The lowest BCUT2D eigenvalue weighted by molar-refractivity contribution is 0.0793. The third kappa shape index (κ3) is 4.15. The Balaban J connectivity index is 1.69. The molecule has 0 spiro atoms. The summed E-state index contributed by atoms with van der Waals surface area (Å²) in [5.41, 5.74) is 1.14. The zero-order chi connectivity index (χ0) is 20.6. The Labute approximate surface area is 170 Å². The Morgan fingerprint density at radius 1 is 1.24 bits per heavy atom. The van der Waals surface area contributed by atoms with Crippen LogP contribution in [0.1, 0.15) is 68.5 Å². The van der Waals surface area contributed by atoms with Crippen molar-refractivity contribution in [3.63, 3.8) is 0 Å². The van der Waals surface area contributed by atoms with Gasteiger partial charge in [0.25, 0.3) is 5.91 Å². The van der Waals surface area contributed by atoms with Gasteiger partial charge in [-0.3, -0.25) is 9.48 Å². The van der Waals surface area contributed by atoms with E-state index in [0.717, 1.165) is 29.7 Å². The van der Waals surface area contributed by atoms with Crippen LogP contribution in [0.25, 0.3) is 10.9 Å². The smallest absolute Gasteiger partial charge is 0.274 e. The molecule has 7 heteroatoms. The van der Waals surface area contributed by atoms with Crippen molar-refractivity contribution in [1.29, 1.82) is 0 Å². The van der Waals surface area contributed by atoms with Crippen LogP contribution < -0.4 is 5.32 Å². The maximum atomic E-state index is 12.6. The lowest BCUT2D eigenvalue weighted by Gasteiger charge is -2.26. The average molecular weight is 393 g/mol. The van der Waals surface area contributed by atoms with E-state index < -0.39 is 5.60 Å². The molecule has 0 atom stereocenters. The van der Waals surface area contributed by atoms with Gasteiger partial charge in [-0.1, -0.05) is 6.92 Å². The Morgan fingerprint density at radius 3 is 2.66 bits per heavy atom. The number of carbonyl (C=O) groups excluding carboxylic acids is 1. The van der Waals surface area contributed by atoms with Gasteiger partial charge in [0.2, 0.25) is 0 Å². The molecule has 7 nitrogen and oxygen atoms in total. The Morgan fingerprint density at radius 2 is 2.00 bits per heavy atom. The average Bonchev–Trinajstić information content (AvgIpc) is 3.11. The van der Waals surface area contributed by atoms with Crippen LogP contribution >= 0.6 is 0 Å². The zero-order valence-electron chi connectivity index (χ0n) is 17.1. The molecule has 2 N–H and O–H groups in total. The fraction of sp³-hybridized carbons (Fsp3) is 0.455. The predicted molar refractivity (Wildman–Crippen MR) is 112 cm³/mol. The molecule has 0 bridgehead atoms. The second-order valence-corrected chi connectivity index (χ2v) is 8.59. The molecule has 0 radical (unpaired) electrons. The largest absolute Gasteiger partial charge is 0.386 e. The highest BCUT2D eigenvalue weighted by Crippen LogP contribution is 2.35. The van der Waals surface area contributed by atoms with Crippen LogP contribution in [-0.2, 0) is 5.60 Å². The standard InChI is InChI=1S/C22H27N5O2/c1-14-4-6-16(7-5-14)27-12-15-10-20(17(22(2,3)29)11-19(15)26-27)25-21(28)18-8-9-23-13-24-18/h8-14,16,29H,4-7H2,1-3H3,(H,25,28)/t14-,16-. The van der Waals surface area contributed by atoms with E-state index in [-0.39, 0.29) is 11.6 Å². The minimum atomic E-state index is -1.13. The van der Waals surface area contributed by atoms with E-state index in [1.54, 1.807) is 19.9 Å². The molecule has 0 saturated heterocycles. The molecule has 1 fully saturated rings. The first-order valence-electron chi connectivity index (χ1n) is 10.1. The van der Waals surface area contributed by atoms with Gasteiger partial charge >= 0.3 is 0 Å². The highest BCUT2D eigenvalue weighted by Gasteiger charge is 2.25. The first-order valence-corrected chi connectivity index (χ1v) is 10.1. The van der Waals surface area contributed by atoms with Crippen molar-refractivity contribution in [2.24, 2.45) is 5.92 Å². The number of amides is 1. The summed E-state index contributed by atoms with van der Waals surface area (Å²) in [7, 11) is 0. The van der Waals surface area contributed by atoms with Crippen molar-refractivity contribution >= 4 is 22.5 Å². The molecule has 29 heavy (non-hydrogen) atoms. The quantitative estimate of drug-likeness (QED) is 0.697. The van der Waals surface area contributed by atoms with E-state index in [2.05, 4.69) is 26.9 Å². The number of benzene rings is 1. The van der Waals surface area contributed by atoms with Crippen molar-refractivity contribution in [2.45, 2.75) is 58.1 Å². The van der Waals surface area contributed by atoms with E-state index in [9.17, 15) is 9.90 Å². The van der Waals surface area contributed by atoms with Crippen LogP contribution in [0.5, 0.6) is 0 Å². The summed E-state index contributed by atoms with van der Waals surface area (Å²) in [6.07, 6.45) is 9.60. The van der Waals surface area contributed by atoms with E-state index in [1.807, 2.05) is 18.3 Å². The third-order valence-corrected chi connectivity index (χ3v) is 5.74. The Kier molecular flexibility index (Phi) is 5.08. The molecule has 1 aromatic carbocycles. The van der Waals surface area contributed by atoms with Gasteiger partial charge in [-0.05, 0) is 63.6 Å². The SMILES string of the molecule is CC(C)(O)c1cc2nn([C@H]3CC[C@H](C)CC3)cc2cc1NC(=O)c1ccncn1. The fourth-order valence-electron chi connectivity index (χ4n) is 4.01. The monoisotopic (exact) mass is 393 g/mol. The molecule has 4 rings (SSSR count). The third-order valence-electron chi connectivity index (χ3n) is 5.74. The molecule has 3 aromatic rings. The molecule has 2 heterocycles. The minimum absolute atomic E-state index is 0.272. The molecular weight excluding hydrogens is 366 g/mol. The van der Waals surface area contributed by atoms with E-state index in [0.29, 0.717) is 17.3 Å². The molecule has 2 aromatic heterocycles. The van der Waals surface area contributed by atoms with Gasteiger partial charge in [-0.25, -0.2) is 9.97 Å². The second kappa shape index (κ2) is 7.55. The van der Waals surface area contributed by atoms with E-state index in [1.165, 1.54) is 25.4 Å². The highest BCUT2D eigenvalue weighted by atomic mass is 16.3. The van der Waals surface area contributed by atoms with Gasteiger partial charge in [-0.15, -0.1) is 0 Å². The van der Waals surface area contributed by atoms with Crippen LogP contribution in [0.3, 0.4) is 0 Å². The minimum Gasteiger partial charge on any atom is -0.386 e. The number of nitrogens with one attached hydrogen (secondary N) is 1. The van der Waals surface area contributed by atoms with Crippen LogP contribution in [0.4, 0.5) is 5.69 Å². The van der Waals surface area contributed by atoms with Crippen LogP contribution in [0, 0.1) is 5.92 Å². The lowest BCUT2D eigenvalue weighted by atomic mass is 9.87. The van der Waals surface area contributed by atoms with E-state index >= 15 is 0 Å². The number of hydrogen-bond acceptors (Lipinski definition) is 5. The van der Waals surface area contributed by atoms with Crippen molar-refractivity contribution in [3.8, 4) is 0 Å². The molecule has 1 amide bonds. The number of fused-ring (bicyclic) bond motifs is 1. The molecule has 0 aliphatic heterocycles. The summed E-state index contributed by atoms with van der Waals surface area (Å²) in [5, 5.41) is 19.3. The maximum absolute atomic E-state index is 12.6. The number of aliphatic hydroxyl groups is 1. The highest BCUT2D eigenvalue weighted by molar-refractivity contribution is 6.04. The van der Waals surface area contributed by atoms with Gasteiger partial charge in [-0.2, -0.15) is 5.10 Å². The first kappa shape index (κ1) is 19.5. The summed E-state index contributed by atoms with van der Waals surface area (Å²) >= 11 is 0. The topological polar surface area (TPSA) is 92.9 Å². The van der Waals surface area contributed by atoms with Crippen LogP contribution in [0.15, 0.2) is 36.9 Å². The molecule has 1 aliphatic rings. The number of nitrogens with zero attached hydrogens (tertiary/aromatic N) is 4. The molecule has 1 aliphatic carbocycles. The lowest BCUT2D eigenvalue weighted by Crippen LogP contribution is -2.21. The summed E-state index contributed by atoms with van der Waals surface area (Å²) < 4.78 is 2.06. The second-order valence-electron chi connectivity index (χ2n) is 8.59. The van der Waals surface area contributed by atoms with Crippen molar-refractivity contribution in [1.82, 2.24) is 19.7 Å². The van der Waals surface area contributed by atoms with Crippen molar-refractivity contribution < 1.29 is 9.90 Å². The van der Waals surface area contributed by atoms with Gasteiger partial charge in [0.05, 0.1) is 17.2 Å². The number of aromatic nitrogens is 4. The van der Waals surface area contributed by atoms with Gasteiger partial charge in [0, 0.05) is 29.0 Å². The number of carbonyl (C=O) groups is 1. The number of rotatable bonds is 4. The number of anilines is 1.